The molecule has 0 aliphatic carbocycles. The summed E-state index contributed by atoms with van der Waals surface area (Å²) in [5, 5.41) is 0. The number of hydrogen-bond acceptors (Lipinski definition) is 4. The highest BCUT2D eigenvalue weighted by atomic mass is 16.5. The van der Waals surface area contributed by atoms with Gasteiger partial charge in [0.05, 0.1) is 12.9 Å². The minimum absolute atomic E-state index is 0.0657. The minimum atomic E-state index is -0.391. The third kappa shape index (κ3) is 3.87. The van der Waals surface area contributed by atoms with E-state index in [4.69, 9.17) is 9.15 Å². The lowest BCUT2D eigenvalue weighted by Crippen LogP contribution is -2.15. The van der Waals surface area contributed by atoms with Crippen LogP contribution in [0.25, 0.3) is 0 Å². The molecule has 4 nitrogen and oxygen atoms in total. The van der Waals surface area contributed by atoms with Crippen LogP contribution in [0.2, 0.25) is 0 Å². The second-order valence-electron chi connectivity index (χ2n) is 4.04. The lowest BCUT2D eigenvalue weighted by atomic mass is 10.1. The van der Waals surface area contributed by atoms with Crippen LogP contribution in [-0.2, 0) is 4.74 Å². The summed E-state index contributed by atoms with van der Waals surface area (Å²) in [6.07, 6.45) is 4.55. The van der Waals surface area contributed by atoms with Gasteiger partial charge >= 0.3 is 0 Å². The van der Waals surface area contributed by atoms with Gasteiger partial charge in [-0.3, -0.25) is 9.59 Å². The van der Waals surface area contributed by atoms with Crippen LogP contribution >= 0.6 is 0 Å². The van der Waals surface area contributed by atoms with E-state index >= 15 is 0 Å². The van der Waals surface area contributed by atoms with Crippen LogP contribution in [0.5, 0.6) is 0 Å². The molecule has 0 aliphatic rings. The van der Waals surface area contributed by atoms with Crippen molar-refractivity contribution in [3.05, 3.63) is 45.7 Å². The number of ketones is 1. The van der Waals surface area contributed by atoms with Gasteiger partial charge in [0.25, 0.3) is 0 Å². The zero-order valence-electron chi connectivity index (χ0n) is 11.0. The molecule has 4 heteroatoms. The molecule has 0 atom stereocenters. The first-order valence-electron chi connectivity index (χ1n) is 6.00. The van der Waals surface area contributed by atoms with Crippen LogP contribution in [0, 0.1) is 13.8 Å². The van der Waals surface area contributed by atoms with Gasteiger partial charge in [-0.2, -0.15) is 0 Å². The van der Waals surface area contributed by atoms with Crippen molar-refractivity contribution in [1.29, 1.82) is 0 Å². The second-order valence-corrected chi connectivity index (χ2v) is 4.04. The molecule has 0 aromatic carbocycles. The van der Waals surface area contributed by atoms with E-state index in [1.165, 1.54) is 18.4 Å². The van der Waals surface area contributed by atoms with Crippen molar-refractivity contribution in [2.75, 3.05) is 6.61 Å². The third-order valence-electron chi connectivity index (χ3n) is 2.42. The number of carbonyl (C=O) groups excluding carboxylic acids is 1. The Balaban J connectivity index is 2.76. The number of unbranched alkanes of at least 4 members (excludes halogenated alkanes) is 1. The Kier molecular flexibility index (Phi) is 5.36. The Hall–Kier alpha value is -1.84. The van der Waals surface area contributed by atoms with E-state index < -0.39 is 5.78 Å². The normalized spacial score (nSPS) is 10.8. The number of aryl methyl sites for hydroxylation is 2. The molecule has 1 aromatic heterocycles. The molecule has 0 bridgehead atoms. The fraction of sp³-hybridized carbons (Fsp3) is 0.429. The van der Waals surface area contributed by atoms with Gasteiger partial charge in [-0.25, -0.2) is 0 Å². The molecule has 0 amide bonds. The lowest BCUT2D eigenvalue weighted by molar-refractivity contribution is 0.103. The highest BCUT2D eigenvalue weighted by Gasteiger charge is 2.13. The maximum absolute atomic E-state index is 11.8. The van der Waals surface area contributed by atoms with Crippen molar-refractivity contribution in [1.82, 2.24) is 0 Å². The van der Waals surface area contributed by atoms with Gasteiger partial charge < -0.3 is 9.15 Å². The van der Waals surface area contributed by atoms with E-state index in [1.54, 1.807) is 13.8 Å². The summed E-state index contributed by atoms with van der Waals surface area (Å²) in [4.78, 5) is 23.5. The summed E-state index contributed by atoms with van der Waals surface area (Å²) in [5.41, 5.74) is -0.254. The zero-order chi connectivity index (χ0) is 13.5. The largest absolute Gasteiger partial charge is 0.501 e. The monoisotopic (exact) mass is 250 g/mol. The first-order chi connectivity index (χ1) is 8.56. The molecule has 0 fully saturated rings. The Morgan fingerprint density at radius 3 is 2.78 bits per heavy atom. The van der Waals surface area contributed by atoms with Crippen molar-refractivity contribution in [3.8, 4) is 0 Å². The maximum atomic E-state index is 11.8. The quantitative estimate of drug-likeness (QED) is 0.337. The van der Waals surface area contributed by atoms with Crippen LogP contribution in [0.4, 0.5) is 0 Å². The van der Waals surface area contributed by atoms with Crippen LogP contribution in [-0.4, -0.2) is 12.4 Å². The molecular weight excluding hydrogens is 232 g/mol. The number of ether oxygens (including phenoxy) is 1. The molecule has 0 saturated heterocycles. The Morgan fingerprint density at radius 1 is 1.44 bits per heavy atom. The van der Waals surface area contributed by atoms with E-state index in [2.05, 4.69) is 6.92 Å². The summed E-state index contributed by atoms with van der Waals surface area (Å²) in [7, 11) is 0. The molecular formula is C14H18O4. The highest BCUT2D eigenvalue weighted by molar-refractivity contribution is 6.04. The summed E-state index contributed by atoms with van der Waals surface area (Å²) in [5.74, 6) is 0.443. The molecule has 0 saturated carbocycles. The molecule has 18 heavy (non-hydrogen) atoms. The van der Waals surface area contributed by atoms with E-state index in [0.717, 1.165) is 12.8 Å². The van der Waals surface area contributed by atoms with Crippen molar-refractivity contribution < 1.29 is 13.9 Å². The Morgan fingerprint density at radius 2 is 2.17 bits per heavy atom. The van der Waals surface area contributed by atoms with Crippen molar-refractivity contribution in [2.45, 2.75) is 33.6 Å². The number of rotatable bonds is 6. The molecule has 1 heterocycles. The average Bonchev–Trinajstić information content (AvgIpc) is 2.27. The van der Waals surface area contributed by atoms with E-state index in [-0.39, 0.29) is 11.0 Å². The summed E-state index contributed by atoms with van der Waals surface area (Å²) < 4.78 is 10.4. The lowest BCUT2D eigenvalue weighted by Gasteiger charge is -2.01. The summed E-state index contributed by atoms with van der Waals surface area (Å²) in [6, 6.07) is 1.31. The summed E-state index contributed by atoms with van der Waals surface area (Å²) >= 11 is 0. The Labute approximate surface area is 106 Å². The molecule has 98 valence electrons. The van der Waals surface area contributed by atoms with Crippen LogP contribution in [0.3, 0.4) is 0 Å². The molecule has 0 radical (unpaired) electrons. The van der Waals surface area contributed by atoms with Gasteiger partial charge in [0.2, 0.25) is 0 Å². The first-order valence-corrected chi connectivity index (χ1v) is 6.00. The molecule has 0 N–H and O–H groups in total. The van der Waals surface area contributed by atoms with Gasteiger partial charge in [-0.15, -0.1) is 0 Å². The van der Waals surface area contributed by atoms with Crippen molar-refractivity contribution in [3.63, 3.8) is 0 Å². The number of carbonyl (C=O) groups is 1. The Bertz CT molecular complexity index is 497. The topological polar surface area (TPSA) is 56.5 Å². The average molecular weight is 250 g/mol. The van der Waals surface area contributed by atoms with Gasteiger partial charge in [0, 0.05) is 12.1 Å². The zero-order valence-corrected chi connectivity index (χ0v) is 11.0. The van der Waals surface area contributed by atoms with E-state index in [1.807, 2.05) is 0 Å². The molecule has 0 aliphatic heterocycles. The first kappa shape index (κ1) is 14.2. The van der Waals surface area contributed by atoms with Gasteiger partial charge in [0.15, 0.2) is 11.2 Å². The van der Waals surface area contributed by atoms with Crippen molar-refractivity contribution in [2.24, 2.45) is 0 Å². The number of hydrogen-bond donors (Lipinski definition) is 0. The smallest absolute Gasteiger partial charge is 0.196 e. The summed E-state index contributed by atoms with van der Waals surface area (Å²) in [6.45, 7) is 5.90. The molecule has 1 aromatic rings. The van der Waals surface area contributed by atoms with Gasteiger partial charge in [-0.05, 0) is 20.3 Å². The maximum Gasteiger partial charge on any atom is 0.196 e. The van der Waals surface area contributed by atoms with Crippen molar-refractivity contribution >= 4 is 5.78 Å². The highest BCUT2D eigenvalue weighted by Crippen LogP contribution is 2.07. The van der Waals surface area contributed by atoms with E-state index in [9.17, 15) is 9.59 Å². The standard InChI is InChI=1S/C14H18O4/c1-4-5-7-17-8-6-12(15)14-11(3)18-10(2)9-13(14)16/h6,8-9H,4-5,7H2,1-3H3. The van der Waals surface area contributed by atoms with Crippen LogP contribution in [0.1, 0.15) is 41.6 Å². The predicted octanol–water partition coefficient (Wildman–Crippen LogP) is 2.77. The van der Waals surface area contributed by atoms with Gasteiger partial charge in [-0.1, -0.05) is 13.3 Å². The van der Waals surface area contributed by atoms with Gasteiger partial charge in [0.1, 0.15) is 17.1 Å². The molecule has 0 unspecified atom stereocenters. The minimum Gasteiger partial charge on any atom is -0.501 e. The third-order valence-corrected chi connectivity index (χ3v) is 2.42. The molecule has 1 rings (SSSR count). The second kappa shape index (κ2) is 6.79. The SMILES string of the molecule is CCCCOC=CC(=O)c1c(C)oc(C)cc1=O. The molecule has 0 spiro atoms. The fourth-order valence-electron chi connectivity index (χ4n) is 1.54. The fourth-order valence-corrected chi connectivity index (χ4v) is 1.54. The van der Waals surface area contributed by atoms with Crippen LogP contribution in [0.15, 0.2) is 27.6 Å². The van der Waals surface area contributed by atoms with E-state index in [0.29, 0.717) is 18.1 Å². The van der Waals surface area contributed by atoms with Crippen LogP contribution < -0.4 is 5.43 Å². The predicted molar refractivity (Wildman–Crippen MR) is 68.8 cm³/mol. The number of allylic oxidation sites excluding steroid dienone is 1.